The molecule has 1 atom stereocenters. The molecule has 1 heterocycles. The average molecular weight is 322 g/mol. The lowest BCUT2D eigenvalue weighted by atomic mass is 10.1. The largest absolute Gasteiger partial charge is 0.490 e. The van der Waals surface area contributed by atoms with Crippen LogP contribution in [0.2, 0.25) is 0 Å². The van der Waals surface area contributed by atoms with Crippen molar-refractivity contribution in [1.29, 1.82) is 0 Å². The second-order valence-corrected chi connectivity index (χ2v) is 5.40. The molecule has 0 radical (unpaired) electrons. The lowest BCUT2D eigenvalue weighted by Gasteiger charge is -2.20. The Hall–Kier alpha value is -1.95. The topological polar surface area (TPSA) is 74.0 Å². The number of benzene rings is 1. The van der Waals surface area contributed by atoms with Crippen molar-refractivity contribution in [3.63, 3.8) is 0 Å². The van der Waals surface area contributed by atoms with E-state index in [0.29, 0.717) is 55.7 Å². The van der Waals surface area contributed by atoms with Crippen molar-refractivity contribution in [2.24, 2.45) is 5.73 Å². The molecule has 1 unspecified atom stereocenters. The van der Waals surface area contributed by atoms with E-state index in [-0.39, 0.29) is 11.9 Å². The predicted octanol–water partition coefficient (Wildman–Crippen LogP) is 2.06. The smallest absolute Gasteiger partial charge is 0.254 e. The fourth-order valence-electron chi connectivity index (χ4n) is 2.67. The number of likely N-dealkylation sites (tertiary alicyclic amines) is 1. The number of carbonyl (C=O) groups is 1. The van der Waals surface area contributed by atoms with Crippen LogP contribution in [0.15, 0.2) is 12.1 Å². The molecule has 1 aromatic rings. The molecule has 1 saturated heterocycles. The second kappa shape index (κ2) is 8.06. The third-order valence-electron chi connectivity index (χ3n) is 3.67. The fraction of sp³-hybridized carbons (Fsp3) is 0.588. The summed E-state index contributed by atoms with van der Waals surface area (Å²) in [6.45, 7) is 8.41. The molecule has 1 fully saturated rings. The Kier molecular flexibility index (Phi) is 6.10. The Morgan fingerprint density at radius 1 is 1.13 bits per heavy atom. The van der Waals surface area contributed by atoms with E-state index in [1.807, 2.05) is 20.8 Å². The Balaban J connectivity index is 2.37. The van der Waals surface area contributed by atoms with Crippen molar-refractivity contribution in [3.05, 3.63) is 17.7 Å². The Morgan fingerprint density at radius 2 is 1.70 bits per heavy atom. The van der Waals surface area contributed by atoms with Gasteiger partial charge in [0.05, 0.1) is 19.8 Å². The van der Waals surface area contributed by atoms with E-state index >= 15 is 0 Å². The zero-order valence-corrected chi connectivity index (χ0v) is 14.1. The number of hydrogen-bond acceptors (Lipinski definition) is 5. The van der Waals surface area contributed by atoms with Crippen LogP contribution in [-0.2, 0) is 0 Å². The maximum absolute atomic E-state index is 12.7. The molecule has 1 aliphatic rings. The fourth-order valence-corrected chi connectivity index (χ4v) is 2.67. The van der Waals surface area contributed by atoms with Crippen molar-refractivity contribution >= 4 is 5.91 Å². The van der Waals surface area contributed by atoms with Gasteiger partial charge in [-0.25, -0.2) is 0 Å². The molecule has 1 aromatic carbocycles. The van der Waals surface area contributed by atoms with Crippen LogP contribution in [0.5, 0.6) is 17.2 Å². The van der Waals surface area contributed by atoms with E-state index in [9.17, 15) is 4.79 Å². The summed E-state index contributed by atoms with van der Waals surface area (Å²) in [5.74, 6) is 1.56. The van der Waals surface area contributed by atoms with Crippen molar-refractivity contribution in [2.45, 2.75) is 33.2 Å². The number of nitrogens with two attached hydrogens (primary N) is 1. The highest BCUT2D eigenvalue weighted by atomic mass is 16.5. The lowest BCUT2D eigenvalue weighted by Crippen LogP contribution is -2.31. The third kappa shape index (κ3) is 4.07. The van der Waals surface area contributed by atoms with Crippen LogP contribution in [0.3, 0.4) is 0 Å². The molecular weight excluding hydrogens is 296 g/mol. The first-order chi connectivity index (χ1) is 11.1. The predicted molar refractivity (Wildman–Crippen MR) is 88.4 cm³/mol. The number of nitrogens with zero attached hydrogens (tertiary/aromatic N) is 1. The molecule has 0 aromatic heterocycles. The molecule has 0 saturated carbocycles. The van der Waals surface area contributed by atoms with Gasteiger partial charge in [0.15, 0.2) is 11.5 Å². The SMILES string of the molecule is CCOc1cc(C(=O)N2CCC(N)C2)cc(OCC)c1OCC. The molecule has 23 heavy (non-hydrogen) atoms. The normalized spacial score (nSPS) is 17.2. The van der Waals surface area contributed by atoms with Crippen molar-refractivity contribution in [3.8, 4) is 17.2 Å². The van der Waals surface area contributed by atoms with Crippen LogP contribution in [-0.4, -0.2) is 49.8 Å². The van der Waals surface area contributed by atoms with Crippen molar-refractivity contribution < 1.29 is 19.0 Å². The maximum Gasteiger partial charge on any atom is 0.254 e. The molecule has 6 heteroatoms. The Labute approximate surface area is 137 Å². The molecule has 128 valence electrons. The van der Waals surface area contributed by atoms with Gasteiger partial charge in [0, 0.05) is 24.7 Å². The summed E-state index contributed by atoms with van der Waals surface area (Å²) < 4.78 is 17.0. The van der Waals surface area contributed by atoms with Gasteiger partial charge in [-0.3, -0.25) is 4.79 Å². The summed E-state index contributed by atoms with van der Waals surface area (Å²) in [5, 5.41) is 0. The molecule has 6 nitrogen and oxygen atoms in total. The van der Waals surface area contributed by atoms with Crippen LogP contribution in [0.4, 0.5) is 0 Å². The first kappa shape index (κ1) is 17.4. The number of ether oxygens (including phenoxy) is 3. The van der Waals surface area contributed by atoms with E-state index < -0.39 is 0 Å². The van der Waals surface area contributed by atoms with Crippen molar-refractivity contribution in [1.82, 2.24) is 4.90 Å². The highest BCUT2D eigenvalue weighted by Crippen LogP contribution is 2.39. The summed E-state index contributed by atoms with van der Waals surface area (Å²) in [4.78, 5) is 14.5. The maximum atomic E-state index is 12.7. The van der Waals surface area contributed by atoms with Gasteiger partial charge in [0.25, 0.3) is 5.91 Å². The van der Waals surface area contributed by atoms with Gasteiger partial charge in [-0.1, -0.05) is 0 Å². The van der Waals surface area contributed by atoms with E-state index in [1.165, 1.54) is 0 Å². The summed E-state index contributed by atoms with van der Waals surface area (Å²) in [6.07, 6.45) is 0.833. The van der Waals surface area contributed by atoms with E-state index in [2.05, 4.69) is 0 Å². The van der Waals surface area contributed by atoms with Gasteiger partial charge in [-0.15, -0.1) is 0 Å². The van der Waals surface area contributed by atoms with E-state index in [0.717, 1.165) is 6.42 Å². The first-order valence-electron chi connectivity index (χ1n) is 8.21. The van der Waals surface area contributed by atoms with Gasteiger partial charge in [0.2, 0.25) is 5.75 Å². The quantitative estimate of drug-likeness (QED) is 0.832. The van der Waals surface area contributed by atoms with Gasteiger partial charge in [-0.05, 0) is 39.3 Å². The lowest BCUT2D eigenvalue weighted by molar-refractivity contribution is 0.0789. The average Bonchev–Trinajstić information content (AvgIpc) is 2.96. The van der Waals surface area contributed by atoms with Gasteiger partial charge in [0.1, 0.15) is 0 Å². The molecule has 2 N–H and O–H groups in total. The molecule has 0 aliphatic carbocycles. The highest BCUT2D eigenvalue weighted by molar-refractivity contribution is 5.95. The van der Waals surface area contributed by atoms with Gasteiger partial charge >= 0.3 is 0 Å². The molecule has 1 aliphatic heterocycles. The van der Waals surface area contributed by atoms with Crippen LogP contribution in [0.25, 0.3) is 0 Å². The van der Waals surface area contributed by atoms with E-state index in [1.54, 1.807) is 17.0 Å². The molecular formula is C17H26N2O4. The molecule has 2 rings (SSSR count). The van der Waals surface area contributed by atoms with Crippen LogP contribution in [0.1, 0.15) is 37.6 Å². The van der Waals surface area contributed by atoms with Crippen LogP contribution >= 0.6 is 0 Å². The zero-order chi connectivity index (χ0) is 16.8. The summed E-state index contributed by atoms with van der Waals surface area (Å²) >= 11 is 0. The molecule has 1 amide bonds. The van der Waals surface area contributed by atoms with Gasteiger partial charge < -0.3 is 24.8 Å². The second-order valence-electron chi connectivity index (χ2n) is 5.40. The Morgan fingerprint density at radius 3 is 2.13 bits per heavy atom. The monoisotopic (exact) mass is 322 g/mol. The Bertz CT molecular complexity index is 520. The summed E-state index contributed by atoms with van der Waals surface area (Å²) in [5.41, 5.74) is 6.43. The van der Waals surface area contributed by atoms with Crippen LogP contribution < -0.4 is 19.9 Å². The van der Waals surface area contributed by atoms with E-state index in [4.69, 9.17) is 19.9 Å². The summed E-state index contributed by atoms with van der Waals surface area (Å²) in [6, 6.07) is 3.51. The third-order valence-corrected chi connectivity index (χ3v) is 3.67. The molecule has 0 bridgehead atoms. The minimum Gasteiger partial charge on any atom is -0.490 e. The van der Waals surface area contributed by atoms with Crippen molar-refractivity contribution in [2.75, 3.05) is 32.9 Å². The van der Waals surface area contributed by atoms with Gasteiger partial charge in [-0.2, -0.15) is 0 Å². The minimum absolute atomic E-state index is 0.0529. The summed E-state index contributed by atoms with van der Waals surface area (Å²) in [7, 11) is 0. The number of rotatable bonds is 7. The first-order valence-corrected chi connectivity index (χ1v) is 8.21. The highest BCUT2D eigenvalue weighted by Gasteiger charge is 2.26. The molecule has 0 spiro atoms. The standard InChI is InChI=1S/C17H26N2O4/c1-4-21-14-9-12(17(20)19-8-7-13(18)11-19)10-15(22-5-2)16(14)23-6-3/h9-10,13H,4-8,11,18H2,1-3H3. The zero-order valence-electron chi connectivity index (χ0n) is 14.1. The van der Waals surface area contributed by atoms with Crippen LogP contribution in [0, 0.1) is 0 Å². The number of hydrogen-bond donors (Lipinski definition) is 1. The minimum atomic E-state index is -0.0529. The number of carbonyl (C=O) groups excluding carboxylic acids is 1. The number of amides is 1.